The summed E-state index contributed by atoms with van der Waals surface area (Å²) in [4.78, 5) is 17.6. The van der Waals surface area contributed by atoms with Gasteiger partial charge in [-0.2, -0.15) is 0 Å². The zero-order valence-electron chi connectivity index (χ0n) is 16.2. The molecule has 2 atom stereocenters. The van der Waals surface area contributed by atoms with Gasteiger partial charge in [-0.1, -0.05) is 32.7 Å². The molecule has 2 aromatic rings. The zero-order valence-corrected chi connectivity index (χ0v) is 17.1. The molecule has 0 spiro atoms. The van der Waals surface area contributed by atoms with Gasteiger partial charge in [0.15, 0.2) is 5.65 Å². The summed E-state index contributed by atoms with van der Waals surface area (Å²) in [5.74, 6) is 0.476. The number of rotatable bonds is 3. The number of hydrogen-bond acceptors (Lipinski definition) is 4. The Morgan fingerprint density at radius 3 is 2.64 bits per heavy atom. The Labute approximate surface area is 154 Å². The van der Waals surface area contributed by atoms with Crippen molar-refractivity contribution in [1.29, 1.82) is 0 Å². The second kappa shape index (κ2) is 6.80. The van der Waals surface area contributed by atoms with E-state index >= 15 is 0 Å². The van der Waals surface area contributed by atoms with E-state index in [4.69, 9.17) is 4.98 Å². The van der Waals surface area contributed by atoms with Gasteiger partial charge in [-0.15, -0.1) is 0 Å². The molecule has 1 aliphatic heterocycles. The van der Waals surface area contributed by atoms with Crippen molar-refractivity contribution in [3.8, 4) is 0 Å². The fourth-order valence-corrected chi connectivity index (χ4v) is 4.57. The van der Waals surface area contributed by atoms with Crippen LogP contribution in [0.5, 0.6) is 0 Å². The van der Waals surface area contributed by atoms with Crippen LogP contribution in [0, 0.1) is 5.41 Å². The fourth-order valence-electron chi connectivity index (χ4n) is 3.83. The Morgan fingerprint density at radius 2 is 2.04 bits per heavy atom. The molecule has 1 aliphatic rings. The maximum atomic E-state index is 12.7. The SMILES string of the molecule is CSN1CCC(c2ccc3c(n2)n(C)c(=O)n3CC(C)(C)C)CC1C. The maximum Gasteiger partial charge on any atom is 0.330 e. The lowest BCUT2D eigenvalue weighted by atomic mass is 9.90. The quantitative estimate of drug-likeness (QED) is 0.782. The maximum absolute atomic E-state index is 12.7. The molecule has 6 heteroatoms. The fraction of sp³-hybridized carbons (Fsp3) is 0.684. The van der Waals surface area contributed by atoms with Gasteiger partial charge < -0.3 is 0 Å². The van der Waals surface area contributed by atoms with Crippen LogP contribution in [0.25, 0.3) is 11.2 Å². The van der Waals surface area contributed by atoms with Crippen LogP contribution in [-0.4, -0.2) is 37.3 Å². The van der Waals surface area contributed by atoms with E-state index in [9.17, 15) is 4.79 Å². The first-order valence-electron chi connectivity index (χ1n) is 9.08. The first-order valence-corrected chi connectivity index (χ1v) is 10.3. The van der Waals surface area contributed by atoms with Crippen LogP contribution in [0.3, 0.4) is 0 Å². The number of nitrogens with zero attached hydrogens (tertiary/aromatic N) is 4. The highest BCUT2D eigenvalue weighted by atomic mass is 32.2. The van der Waals surface area contributed by atoms with Crippen LogP contribution in [0.1, 0.15) is 52.1 Å². The summed E-state index contributed by atoms with van der Waals surface area (Å²) in [6, 6.07) is 4.78. The molecule has 1 fully saturated rings. The van der Waals surface area contributed by atoms with Crippen molar-refractivity contribution in [3.63, 3.8) is 0 Å². The van der Waals surface area contributed by atoms with Gasteiger partial charge >= 0.3 is 5.69 Å². The average Bonchev–Trinajstić information content (AvgIpc) is 2.78. The van der Waals surface area contributed by atoms with Crippen molar-refractivity contribution in [1.82, 2.24) is 18.4 Å². The molecule has 2 aromatic heterocycles. The second-order valence-corrected chi connectivity index (χ2v) is 9.29. The third-order valence-corrected chi connectivity index (χ3v) is 6.11. The van der Waals surface area contributed by atoms with Crippen LogP contribution >= 0.6 is 11.9 Å². The van der Waals surface area contributed by atoms with Gasteiger partial charge in [-0.25, -0.2) is 14.1 Å². The molecule has 5 nitrogen and oxygen atoms in total. The van der Waals surface area contributed by atoms with Crippen LogP contribution < -0.4 is 5.69 Å². The molecule has 2 unspecified atom stereocenters. The Hall–Kier alpha value is -1.27. The van der Waals surface area contributed by atoms with Crippen molar-refractivity contribution in [2.45, 2.75) is 59.0 Å². The van der Waals surface area contributed by atoms with Gasteiger partial charge in [0.05, 0.1) is 5.52 Å². The smallest absolute Gasteiger partial charge is 0.290 e. The van der Waals surface area contributed by atoms with E-state index in [1.807, 2.05) is 23.6 Å². The second-order valence-electron chi connectivity index (χ2n) is 8.46. The highest BCUT2D eigenvalue weighted by Crippen LogP contribution is 2.33. The zero-order chi connectivity index (χ0) is 18.4. The predicted octanol–water partition coefficient (Wildman–Crippen LogP) is 3.63. The summed E-state index contributed by atoms with van der Waals surface area (Å²) < 4.78 is 6.01. The molecule has 0 radical (unpaired) electrons. The highest BCUT2D eigenvalue weighted by Gasteiger charge is 2.27. The first-order chi connectivity index (χ1) is 11.7. The summed E-state index contributed by atoms with van der Waals surface area (Å²) in [5, 5.41) is 0. The van der Waals surface area contributed by atoms with Gasteiger partial charge in [-0.05, 0) is 43.6 Å². The summed E-state index contributed by atoms with van der Waals surface area (Å²) >= 11 is 1.83. The summed E-state index contributed by atoms with van der Waals surface area (Å²) in [6.07, 6.45) is 4.39. The van der Waals surface area contributed by atoms with E-state index in [0.29, 0.717) is 18.5 Å². The summed E-state index contributed by atoms with van der Waals surface area (Å²) in [6.45, 7) is 10.5. The molecule has 3 heterocycles. The molecule has 3 rings (SSSR count). The molecular formula is C19H30N4OS. The van der Waals surface area contributed by atoms with Crippen LogP contribution in [0.4, 0.5) is 0 Å². The first kappa shape index (κ1) is 18.5. The Kier molecular flexibility index (Phi) is 5.04. The lowest BCUT2D eigenvalue weighted by Crippen LogP contribution is -2.35. The highest BCUT2D eigenvalue weighted by molar-refractivity contribution is 7.96. The molecule has 25 heavy (non-hydrogen) atoms. The topological polar surface area (TPSA) is 43.1 Å². The van der Waals surface area contributed by atoms with E-state index in [1.165, 1.54) is 0 Å². The monoisotopic (exact) mass is 362 g/mol. The molecule has 0 saturated carbocycles. The van der Waals surface area contributed by atoms with Crippen LogP contribution in [0.15, 0.2) is 16.9 Å². The lowest BCUT2D eigenvalue weighted by molar-refractivity contribution is 0.264. The minimum atomic E-state index is 0.0279. The normalized spacial score (nSPS) is 22.6. The number of fused-ring (bicyclic) bond motifs is 1. The van der Waals surface area contributed by atoms with Crippen LogP contribution in [-0.2, 0) is 13.6 Å². The van der Waals surface area contributed by atoms with E-state index < -0.39 is 0 Å². The molecular weight excluding hydrogens is 332 g/mol. The van der Waals surface area contributed by atoms with Gasteiger partial charge in [-0.3, -0.25) is 9.13 Å². The largest absolute Gasteiger partial charge is 0.330 e. The van der Waals surface area contributed by atoms with Gasteiger partial charge in [0, 0.05) is 37.8 Å². The van der Waals surface area contributed by atoms with E-state index in [1.54, 1.807) is 4.57 Å². The molecule has 0 bridgehead atoms. The van der Waals surface area contributed by atoms with Crippen molar-refractivity contribution in [3.05, 3.63) is 28.3 Å². The van der Waals surface area contributed by atoms with Gasteiger partial charge in [0.1, 0.15) is 0 Å². The Balaban J connectivity index is 1.96. The third kappa shape index (κ3) is 3.65. The number of aryl methyl sites for hydroxylation is 1. The minimum absolute atomic E-state index is 0.0279. The lowest BCUT2D eigenvalue weighted by Gasteiger charge is -2.35. The Bertz CT molecular complexity index is 817. The number of pyridine rings is 1. The van der Waals surface area contributed by atoms with E-state index in [0.717, 1.165) is 36.2 Å². The summed E-state index contributed by atoms with van der Waals surface area (Å²) in [5.41, 5.74) is 2.97. The van der Waals surface area contributed by atoms with Crippen molar-refractivity contribution < 1.29 is 0 Å². The number of piperidine rings is 1. The Morgan fingerprint density at radius 1 is 1.32 bits per heavy atom. The number of imidazole rings is 1. The molecule has 0 amide bonds. The van der Waals surface area contributed by atoms with Crippen molar-refractivity contribution in [2.24, 2.45) is 12.5 Å². The molecule has 0 N–H and O–H groups in total. The molecule has 0 aliphatic carbocycles. The average molecular weight is 363 g/mol. The van der Waals surface area contributed by atoms with Crippen LogP contribution in [0.2, 0.25) is 0 Å². The van der Waals surface area contributed by atoms with E-state index in [2.05, 4.69) is 50.4 Å². The molecule has 1 saturated heterocycles. The van der Waals surface area contributed by atoms with Gasteiger partial charge in [0.25, 0.3) is 0 Å². The minimum Gasteiger partial charge on any atom is -0.290 e. The molecule has 0 aromatic carbocycles. The van der Waals surface area contributed by atoms with Gasteiger partial charge in [0.2, 0.25) is 0 Å². The van der Waals surface area contributed by atoms with Crippen molar-refractivity contribution in [2.75, 3.05) is 12.8 Å². The van der Waals surface area contributed by atoms with E-state index in [-0.39, 0.29) is 11.1 Å². The number of hydrogen-bond donors (Lipinski definition) is 0. The molecule has 138 valence electrons. The standard InChI is InChI=1S/C19H30N4OS/c1-13-11-14(9-10-23(13)25-6)15-7-8-16-17(20-15)21(5)18(24)22(16)12-19(2,3)4/h7-8,13-14H,9-12H2,1-6H3. The third-order valence-electron chi connectivity index (χ3n) is 5.10. The number of aromatic nitrogens is 3. The predicted molar refractivity (Wildman–Crippen MR) is 106 cm³/mol. The van der Waals surface area contributed by atoms with Crippen molar-refractivity contribution >= 4 is 23.1 Å². The summed E-state index contributed by atoms with van der Waals surface area (Å²) in [7, 11) is 1.83.